The number of nitrogens with zero attached hydrogens (tertiary/aromatic N) is 1. The summed E-state index contributed by atoms with van der Waals surface area (Å²) < 4.78 is 0. The van der Waals surface area contributed by atoms with Crippen LogP contribution in [0.3, 0.4) is 0 Å². The number of aliphatic hydroxyl groups excluding tert-OH is 1. The molecule has 0 aromatic rings. The average molecular weight is 173 g/mol. The lowest BCUT2D eigenvalue weighted by Gasteiger charge is -2.27. The maximum absolute atomic E-state index is 8.84. The lowest BCUT2D eigenvalue weighted by atomic mass is 10.1. The van der Waals surface area contributed by atoms with Crippen LogP contribution in [0.1, 0.15) is 40.0 Å². The fourth-order valence-electron chi connectivity index (χ4n) is 1.57. The van der Waals surface area contributed by atoms with E-state index in [1.165, 1.54) is 19.3 Å². The molecular weight excluding hydrogens is 150 g/mol. The van der Waals surface area contributed by atoms with Crippen molar-refractivity contribution in [1.29, 1.82) is 0 Å². The lowest BCUT2D eigenvalue weighted by Crippen LogP contribution is -2.35. The first-order valence-electron chi connectivity index (χ1n) is 5.11. The summed E-state index contributed by atoms with van der Waals surface area (Å²) in [5, 5.41) is 8.84. The molecule has 12 heavy (non-hydrogen) atoms. The molecule has 0 bridgehead atoms. The van der Waals surface area contributed by atoms with Gasteiger partial charge in [-0.1, -0.05) is 20.3 Å². The number of hydrogen-bond donors (Lipinski definition) is 1. The highest BCUT2D eigenvalue weighted by molar-refractivity contribution is 4.65. The second-order valence-electron chi connectivity index (χ2n) is 3.40. The van der Waals surface area contributed by atoms with E-state index in [9.17, 15) is 0 Å². The van der Waals surface area contributed by atoms with Crippen molar-refractivity contribution in [2.75, 3.05) is 19.7 Å². The van der Waals surface area contributed by atoms with Gasteiger partial charge in [0.25, 0.3) is 0 Å². The van der Waals surface area contributed by atoms with E-state index < -0.39 is 0 Å². The predicted molar refractivity (Wildman–Crippen MR) is 53.3 cm³/mol. The van der Waals surface area contributed by atoms with Crippen LogP contribution in [0.2, 0.25) is 0 Å². The van der Waals surface area contributed by atoms with Gasteiger partial charge in [-0.3, -0.25) is 4.90 Å². The predicted octanol–water partition coefficient (Wildman–Crippen LogP) is 1.88. The Morgan fingerprint density at radius 2 is 1.83 bits per heavy atom. The maximum atomic E-state index is 8.84. The molecule has 0 aliphatic carbocycles. The Morgan fingerprint density at radius 1 is 1.17 bits per heavy atom. The molecule has 0 aliphatic heterocycles. The minimum absolute atomic E-state index is 0.286. The molecular formula is C10H23NO. The number of hydrogen-bond acceptors (Lipinski definition) is 2. The molecule has 0 spiro atoms. The van der Waals surface area contributed by atoms with Crippen LogP contribution >= 0.6 is 0 Å². The Bertz CT molecular complexity index is 89.8. The summed E-state index contributed by atoms with van der Waals surface area (Å²) in [7, 11) is 0. The van der Waals surface area contributed by atoms with Gasteiger partial charge in [0.1, 0.15) is 0 Å². The molecule has 2 nitrogen and oxygen atoms in total. The normalized spacial score (nSPS) is 13.8. The van der Waals surface area contributed by atoms with E-state index in [0.717, 1.165) is 13.1 Å². The van der Waals surface area contributed by atoms with Crippen LogP contribution < -0.4 is 0 Å². The van der Waals surface area contributed by atoms with Crippen molar-refractivity contribution in [3.8, 4) is 0 Å². The number of rotatable bonds is 7. The van der Waals surface area contributed by atoms with Gasteiger partial charge >= 0.3 is 0 Å². The molecule has 1 unspecified atom stereocenters. The molecule has 74 valence electrons. The van der Waals surface area contributed by atoms with Crippen LogP contribution in [0, 0.1) is 0 Å². The standard InChI is InChI=1S/C10H23NO/c1-4-6-10(3)11(7-5-2)8-9-12/h10,12H,4-9H2,1-3H3. The van der Waals surface area contributed by atoms with Crippen LogP contribution in [0.5, 0.6) is 0 Å². The fraction of sp³-hybridized carbons (Fsp3) is 1.00. The molecule has 2 heteroatoms. The molecule has 0 amide bonds. The topological polar surface area (TPSA) is 23.5 Å². The third kappa shape index (κ3) is 4.73. The van der Waals surface area contributed by atoms with E-state index in [2.05, 4.69) is 25.7 Å². The van der Waals surface area contributed by atoms with Crippen molar-refractivity contribution in [1.82, 2.24) is 4.90 Å². The molecule has 0 aliphatic rings. The van der Waals surface area contributed by atoms with Crippen molar-refractivity contribution >= 4 is 0 Å². The number of aliphatic hydroxyl groups is 1. The minimum atomic E-state index is 0.286. The van der Waals surface area contributed by atoms with Gasteiger partial charge in [0.15, 0.2) is 0 Å². The monoisotopic (exact) mass is 173 g/mol. The highest BCUT2D eigenvalue weighted by Crippen LogP contribution is 2.06. The van der Waals surface area contributed by atoms with E-state index in [1.807, 2.05) is 0 Å². The molecule has 0 radical (unpaired) electrons. The average Bonchev–Trinajstić information content (AvgIpc) is 2.04. The largest absolute Gasteiger partial charge is 0.395 e. The van der Waals surface area contributed by atoms with Crippen LogP contribution in [0.15, 0.2) is 0 Å². The molecule has 0 aromatic heterocycles. The highest BCUT2D eigenvalue weighted by atomic mass is 16.3. The van der Waals surface area contributed by atoms with Crippen molar-refractivity contribution < 1.29 is 5.11 Å². The van der Waals surface area contributed by atoms with Crippen molar-refractivity contribution in [3.63, 3.8) is 0 Å². The molecule has 0 heterocycles. The van der Waals surface area contributed by atoms with Crippen LogP contribution in [-0.2, 0) is 0 Å². The smallest absolute Gasteiger partial charge is 0.0558 e. The first kappa shape index (κ1) is 11.9. The van der Waals surface area contributed by atoms with Crippen molar-refractivity contribution in [2.45, 2.75) is 46.1 Å². The Labute approximate surface area is 76.6 Å². The molecule has 0 rings (SSSR count). The first-order chi connectivity index (χ1) is 5.76. The molecule has 0 fully saturated rings. The van der Waals surface area contributed by atoms with Gasteiger partial charge in [-0.2, -0.15) is 0 Å². The van der Waals surface area contributed by atoms with Gasteiger partial charge in [-0.15, -0.1) is 0 Å². The van der Waals surface area contributed by atoms with Gasteiger partial charge in [-0.05, 0) is 26.3 Å². The summed E-state index contributed by atoms with van der Waals surface area (Å²) in [4.78, 5) is 2.36. The molecule has 1 atom stereocenters. The molecule has 1 N–H and O–H groups in total. The molecule has 0 saturated heterocycles. The van der Waals surface area contributed by atoms with E-state index in [0.29, 0.717) is 6.04 Å². The molecule has 0 aromatic carbocycles. The highest BCUT2D eigenvalue weighted by Gasteiger charge is 2.10. The Hall–Kier alpha value is -0.0800. The Balaban J connectivity index is 3.72. The summed E-state index contributed by atoms with van der Waals surface area (Å²) >= 11 is 0. The van der Waals surface area contributed by atoms with E-state index in [1.54, 1.807) is 0 Å². The van der Waals surface area contributed by atoms with Crippen molar-refractivity contribution in [3.05, 3.63) is 0 Å². The van der Waals surface area contributed by atoms with E-state index >= 15 is 0 Å². The quantitative estimate of drug-likeness (QED) is 0.635. The fourth-order valence-corrected chi connectivity index (χ4v) is 1.57. The summed E-state index contributed by atoms with van der Waals surface area (Å²) in [6.45, 7) is 8.86. The van der Waals surface area contributed by atoms with Gasteiger partial charge in [0.2, 0.25) is 0 Å². The minimum Gasteiger partial charge on any atom is -0.395 e. The summed E-state index contributed by atoms with van der Waals surface area (Å²) in [6.07, 6.45) is 3.64. The second kappa shape index (κ2) is 7.56. The maximum Gasteiger partial charge on any atom is 0.0558 e. The van der Waals surface area contributed by atoms with Gasteiger partial charge < -0.3 is 5.11 Å². The SMILES string of the molecule is CCCC(C)N(CCC)CCO. The lowest BCUT2D eigenvalue weighted by molar-refractivity contribution is 0.152. The Morgan fingerprint density at radius 3 is 2.25 bits per heavy atom. The summed E-state index contributed by atoms with van der Waals surface area (Å²) in [5.74, 6) is 0. The zero-order valence-corrected chi connectivity index (χ0v) is 8.71. The van der Waals surface area contributed by atoms with Crippen LogP contribution in [-0.4, -0.2) is 35.7 Å². The summed E-state index contributed by atoms with van der Waals surface area (Å²) in [5.41, 5.74) is 0. The van der Waals surface area contributed by atoms with Gasteiger partial charge in [0, 0.05) is 12.6 Å². The zero-order chi connectivity index (χ0) is 9.40. The van der Waals surface area contributed by atoms with Crippen LogP contribution in [0.4, 0.5) is 0 Å². The Kier molecular flexibility index (Phi) is 7.51. The third-order valence-electron chi connectivity index (χ3n) is 2.23. The van der Waals surface area contributed by atoms with Gasteiger partial charge in [-0.25, -0.2) is 0 Å². The molecule has 0 saturated carbocycles. The first-order valence-corrected chi connectivity index (χ1v) is 5.11. The third-order valence-corrected chi connectivity index (χ3v) is 2.23. The van der Waals surface area contributed by atoms with Crippen molar-refractivity contribution in [2.24, 2.45) is 0 Å². The summed E-state index contributed by atoms with van der Waals surface area (Å²) in [6, 6.07) is 0.627. The van der Waals surface area contributed by atoms with Crippen LogP contribution in [0.25, 0.3) is 0 Å². The zero-order valence-electron chi connectivity index (χ0n) is 8.71. The van der Waals surface area contributed by atoms with Gasteiger partial charge in [0.05, 0.1) is 6.61 Å². The van der Waals surface area contributed by atoms with E-state index in [-0.39, 0.29) is 6.61 Å². The second-order valence-corrected chi connectivity index (χ2v) is 3.40. The van der Waals surface area contributed by atoms with E-state index in [4.69, 9.17) is 5.11 Å².